The first-order valence-corrected chi connectivity index (χ1v) is 38.7. The number of amidine groups is 3. The molecule has 117 heavy (non-hydrogen) atoms. The highest BCUT2D eigenvalue weighted by molar-refractivity contribution is 6.04. The van der Waals surface area contributed by atoms with Gasteiger partial charge in [0.2, 0.25) is 17.7 Å². The summed E-state index contributed by atoms with van der Waals surface area (Å²) in [5, 5.41) is 67.9. The Labute approximate surface area is 691 Å². The first kappa shape index (κ1) is 92.0. The molecule has 0 aliphatic carbocycles. The minimum Gasteiger partial charge on any atom is -0.392 e. The van der Waals surface area contributed by atoms with E-state index < -0.39 is 22.7 Å². The van der Waals surface area contributed by atoms with Crippen molar-refractivity contribution >= 4 is 52.3 Å². The number of amides is 3. The Kier molecular flexibility index (Phi) is 33.8. The van der Waals surface area contributed by atoms with Gasteiger partial charge in [0.25, 0.3) is 0 Å². The van der Waals surface area contributed by atoms with E-state index in [2.05, 4.69) is 213 Å². The molecular weight excluding hydrogens is 1460 g/mol. The minimum absolute atomic E-state index is 0. The quantitative estimate of drug-likeness (QED) is 0.00932. The number of rotatable bonds is 23. The molecule has 12 rings (SSSR count). The van der Waals surface area contributed by atoms with Crippen molar-refractivity contribution < 1.29 is 19.5 Å². The van der Waals surface area contributed by atoms with Crippen molar-refractivity contribution in [3.63, 3.8) is 0 Å². The zero-order valence-corrected chi connectivity index (χ0v) is 66.3. The van der Waals surface area contributed by atoms with Crippen LogP contribution in [0.3, 0.4) is 0 Å². The smallest absolute Gasteiger partial charge is 0.239 e. The SMILES string of the molecule is C.C.C.CC(C)(N)C(=O)NC1CCc2ccccc2N(Cc2ccc(-c3ccccc3C(=N)N=NN)cc2)C1.CC(C)(N)CC(=O)NC1CCc2ccccc2N(Cc2ccc(-c3ccccc3C(=N)N=NN)cc2)C1.CC(O)CNC(C)(C)CC(=O)NC1CCc2ccccc2N(Cc2ccc(-c3ccccc3C(=N)N=NN)cc2)C1. The highest BCUT2D eigenvalue weighted by atomic mass is 16.3. The maximum atomic E-state index is 13.0. The van der Waals surface area contributed by atoms with Crippen LogP contribution < -0.4 is 65.0 Å². The molecule has 0 saturated carbocycles. The Morgan fingerprint density at radius 2 is 0.726 bits per heavy atom. The molecule has 3 aliphatic heterocycles. The lowest BCUT2D eigenvalue weighted by molar-refractivity contribution is -0.126. The zero-order chi connectivity index (χ0) is 81.5. The third-order valence-electron chi connectivity index (χ3n) is 20.3. The van der Waals surface area contributed by atoms with E-state index in [0.717, 1.165) is 95.1 Å². The van der Waals surface area contributed by atoms with Crippen LogP contribution in [0.15, 0.2) is 249 Å². The molecule has 0 saturated heterocycles. The van der Waals surface area contributed by atoms with Crippen molar-refractivity contribution in [3.8, 4) is 33.4 Å². The van der Waals surface area contributed by atoms with Gasteiger partial charge in [0, 0.05) is 122 Å². The number of carbonyl (C=O) groups excluding carboxylic acids is 3. The first-order valence-electron chi connectivity index (χ1n) is 38.7. The fourth-order valence-electron chi connectivity index (χ4n) is 14.7. The summed E-state index contributed by atoms with van der Waals surface area (Å²) in [4.78, 5) is 45.3. The lowest BCUT2D eigenvalue weighted by atomic mass is 9.98. The van der Waals surface area contributed by atoms with Crippen LogP contribution in [-0.4, -0.2) is 107 Å². The number of aliphatic hydroxyl groups is 1. The Morgan fingerprint density at radius 1 is 0.436 bits per heavy atom. The van der Waals surface area contributed by atoms with E-state index in [0.29, 0.717) is 68.8 Å². The average Bonchev–Trinajstić information content (AvgIpc) is 1.81. The van der Waals surface area contributed by atoms with Crippen LogP contribution in [0.2, 0.25) is 0 Å². The number of para-hydroxylation sites is 3. The monoisotopic (exact) mass is 1580 g/mol. The molecule has 618 valence electrons. The predicted octanol–water partition coefficient (Wildman–Crippen LogP) is 15.2. The molecular formula is C92H121N21O4. The molecule has 3 amide bonds. The highest BCUT2D eigenvalue weighted by Gasteiger charge is 2.31. The van der Waals surface area contributed by atoms with Crippen LogP contribution in [0, 0.1) is 16.2 Å². The second kappa shape index (κ2) is 43.0. The standard InChI is InChI=1S/C32H41N7O2.C29H35N7O.C28H33N7O.3CH4/c1-22(40)19-35-32(2,3)18-30(41)36-26-17-16-25-8-4-7-11-29(25)39(21-26)20-23-12-14-24(15-13-23)27-9-5-6-10-28(27)31(33)37-38-34;1-29(2,31)17-27(37)33-23-16-15-22-7-3-6-10-26(22)36(19-23)18-20-11-13-21(14-12-20)24-8-4-5-9-25(24)28(30)34-35-32;1-28(2,30)27(36)32-22-16-15-21-7-3-6-10-25(21)35(18-22)17-19-11-13-20(14-12-19)23-8-4-5-9-24(23)26(29)33-34-31;;;/h4-15,22,26,35,40H,16-21H2,1-3H3,(H,36,41)(H3,33,34,37);3-14,23H,15-19,31H2,1-2H3,(H,33,37)(H3,30,32,34);3-14,22H,15-18,30H2,1-2H3,(H,32,36)(H3,29,31,33);3*1H4. The van der Waals surface area contributed by atoms with Gasteiger partial charge in [0.1, 0.15) is 0 Å². The minimum atomic E-state index is -0.919. The number of benzene rings is 9. The van der Waals surface area contributed by atoms with Gasteiger partial charge in [0.15, 0.2) is 17.5 Å². The molecule has 4 unspecified atom stereocenters. The Bertz CT molecular complexity index is 4870. The number of nitrogens with one attached hydrogen (secondary N) is 7. The van der Waals surface area contributed by atoms with Crippen molar-refractivity contribution in [3.05, 3.63) is 268 Å². The van der Waals surface area contributed by atoms with Gasteiger partial charge in [-0.25, -0.2) is 0 Å². The molecule has 18 N–H and O–H groups in total. The molecule has 25 nitrogen and oxygen atoms in total. The molecule has 0 bridgehead atoms. The molecule has 9 aromatic rings. The van der Waals surface area contributed by atoms with Crippen molar-refractivity contribution in [2.24, 2.45) is 60.0 Å². The van der Waals surface area contributed by atoms with Crippen molar-refractivity contribution in [2.75, 3.05) is 40.9 Å². The number of anilines is 3. The summed E-state index contributed by atoms with van der Waals surface area (Å²) in [6, 6.07) is 73.2. The normalized spacial score (nSPS) is 15.5. The maximum Gasteiger partial charge on any atom is 0.239 e. The molecule has 0 radical (unpaired) electrons. The molecule has 3 aliphatic rings. The summed E-state index contributed by atoms with van der Waals surface area (Å²) < 4.78 is 0. The fourth-order valence-corrected chi connectivity index (χ4v) is 14.7. The Hall–Kier alpha value is -12.2. The number of aliphatic hydroxyl groups excluding tert-OH is 1. The van der Waals surface area contributed by atoms with Gasteiger partial charge in [-0.15, -0.1) is 15.3 Å². The second-order valence-electron chi connectivity index (χ2n) is 31.4. The van der Waals surface area contributed by atoms with Gasteiger partial charge in [-0.1, -0.05) is 238 Å². The predicted molar refractivity (Wildman–Crippen MR) is 476 cm³/mol. The lowest BCUT2D eigenvalue weighted by Crippen LogP contribution is -2.54. The van der Waals surface area contributed by atoms with Crippen LogP contribution in [0.1, 0.15) is 153 Å². The number of nitrogens with two attached hydrogens (primary N) is 5. The van der Waals surface area contributed by atoms with Crippen LogP contribution in [-0.2, 0) is 53.3 Å². The van der Waals surface area contributed by atoms with Crippen LogP contribution >= 0.6 is 0 Å². The Balaban J connectivity index is 0.000000240. The van der Waals surface area contributed by atoms with E-state index in [-0.39, 0.29) is 75.6 Å². The number of hydrogen-bond acceptors (Lipinski definition) is 16. The van der Waals surface area contributed by atoms with E-state index in [1.807, 2.05) is 100 Å². The first-order chi connectivity index (χ1) is 54.6. The summed E-state index contributed by atoms with van der Waals surface area (Å²) in [7, 11) is 0. The molecule has 0 spiro atoms. The number of β-amino-alcohol motifs (C(OH)–C–C–N with tert-alkyl or cyclic N) is 1. The number of hydrogen-bond donors (Lipinski definition) is 13. The van der Waals surface area contributed by atoms with Crippen LogP contribution in [0.25, 0.3) is 33.4 Å². The third-order valence-corrected chi connectivity index (χ3v) is 20.3. The van der Waals surface area contributed by atoms with Gasteiger partial charge in [0.05, 0.1) is 11.6 Å². The van der Waals surface area contributed by atoms with Gasteiger partial charge < -0.3 is 70.1 Å². The largest absolute Gasteiger partial charge is 0.392 e. The van der Waals surface area contributed by atoms with E-state index in [1.54, 1.807) is 20.8 Å². The molecule has 0 aromatic heterocycles. The maximum absolute atomic E-state index is 13.0. The van der Waals surface area contributed by atoms with Crippen molar-refractivity contribution in [2.45, 2.75) is 183 Å². The second-order valence-corrected chi connectivity index (χ2v) is 31.4. The molecule has 0 fully saturated rings. The van der Waals surface area contributed by atoms with Gasteiger partial charge in [-0.2, -0.15) is 0 Å². The van der Waals surface area contributed by atoms with Gasteiger partial charge >= 0.3 is 0 Å². The summed E-state index contributed by atoms with van der Waals surface area (Å²) in [6.45, 7) is 17.6. The summed E-state index contributed by atoms with van der Waals surface area (Å²) in [5.41, 5.74) is 28.8. The van der Waals surface area contributed by atoms with E-state index >= 15 is 0 Å². The van der Waals surface area contributed by atoms with E-state index in [1.165, 1.54) is 33.8 Å². The molecule has 4 atom stereocenters. The average molecular weight is 1590 g/mol. The van der Waals surface area contributed by atoms with Gasteiger partial charge in [-0.05, 0) is 172 Å². The lowest BCUT2D eigenvalue weighted by Gasteiger charge is -2.30. The third kappa shape index (κ3) is 26.4. The zero-order valence-electron chi connectivity index (χ0n) is 66.3. The van der Waals surface area contributed by atoms with Crippen LogP contribution in [0.4, 0.5) is 17.1 Å². The van der Waals surface area contributed by atoms with Crippen LogP contribution in [0.5, 0.6) is 0 Å². The van der Waals surface area contributed by atoms with E-state index in [4.69, 9.17) is 45.2 Å². The Morgan fingerprint density at radius 3 is 1.03 bits per heavy atom. The summed E-state index contributed by atoms with van der Waals surface area (Å²) in [6.07, 6.45) is 5.45. The number of aryl methyl sites for hydroxylation is 3. The number of nitrogens with zero attached hydrogens (tertiary/aromatic N) is 9. The summed E-state index contributed by atoms with van der Waals surface area (Å²) in [5.74, 6) is 15.4. The highest BCUT2D eigenvalue weighted by Crippen LogP contribution is 2.35. The fraction of sp³-hybridized carbons (Fsp3) is 0.348. The number of fused-ring (bicyclic) bond motifs is 3. The molecule has 3 heterocycles. The molecule has 9 aromatic carbocycles. The topological polar surface area (TPSA) is 405 Å². The number of carbonyl (C=O) groups is 3. The van der Waals surface area contributed by atoms with E-state index in [9.17, 15) is 19.5 Å². The van der Waals surface area contributed by atoms with Crippen molar-refractivity contribution in [1.82, 2.24) is 21.3 Å². The van der Waals surface area contributed by atoms with Crippen molar-refractivity contribution in [1.29, 1.82) is 16.2 Å². The molecule has 25 heteroatoms. The summed E-state index contributed by atoms with van der Waals surface area (Å²) >= 11 is 0. The van der Waals surface area contributed by atoms with Gasteiger partial charge in [-0.3, -0.25) is 30.6 Å².